The van der Waals surface area contributed by atoms with E-state index in [1.807, 2.05) is 18.2 Å². The summed E-state index contributed by atoms with van der Waals surface area (Å²) in [5.41, 5.74) is 0.597. The largest absolute Gasteiger partial charge is 0.490 e. The lowest BCUT2D eigenvalue weighted by atomic mass is 9.87. The van der Waals surface area contributed by atoms with Gasteiger partial charge in [0.1, 0.15) is 5.82 Å². The molecule has 0 spiro atoms. The number of β-amino-alcohol motifs (C(OH)–C–C–N with tert-alkyl or cyclic N) is 1. The summed E-state index contributed by atoms with van der Waals surface area (Å²) >= 11 is 0. The van der Waals surface area contributed by atoms with E-state index in [9.17, 15) is 14.6 Å². The monoisotopic (exact) mass is 401 g/mol. The molecule has 2 N–H and O–H groups in total. The summed E-state index contributed by atoms with van der Waals surface area (Å²) in [6, 6.07) is 11.7. The zero-order chi connectivity index (χ0) is 20.3. The fraction of sp³-hybridized carbons (Fsp3) is 0.478. The summed E-state index contributed by atoms with van der Waals surface area (Å²) < 4.78 is 24.6. The third-order valence-electron chi connectivity index (χ3n) is 5.88. The SMILES string of the molecule is OC(CN1CCCC(O)(c2ccc(F)cc2)CC1)c1ccc2c(c1)OCCCO2. The van der Waals surface area contributed by atoms with Gasteiger partial charge in [-0.15, -0.1) is 0 Å². The molecule has 0 amide bonds. The molecule has 4 rings (SSSR count). The van der Waals surface area contributed by atoms with Crippen LogP contribution in [0, 0.1) is 5.82 Å². The van der Waals surface area contributed by atoms with Gasteiger partial charge in [-0.2, -0.15) is 0 Å². The molecule has 0 bridgehead atoms. The van der Waals surface area contributed by atoms with Gasteiger partial charge in [0.15, 0.2) is 11.5 Å². The van der Waals surface area contributed by atoms with E-state index in [0.717, 1.165) is 36.3 Å². The number of ether oxygens (including phenoxy) is 2. The molecule has 1 fully saturated rings. The molecule has 1 saturated heterocycles. The Hall–Kier alpha value is -2.15. The lowest BCUT2D eigenvalue weighted by Crippen LogP contribution is -2.32. The summed E-state index contributed by atoms with van der Waals surface area (Å²) in [7, 11) is 0. The van der Waals surface area contributed by atoms with Gasteiger partial charge in [-0.25, -0.2) is 4.39 Å². The van der Waals surface area contributed by atoms with Gasteiger partial charge in [0.2, 0.25) is 0 Å². The molecule has 156 valence electrons. The Morgan fingerprint density at radius 1 is 0.966 bits per heavy atom. The number of benzene rings is 2. The highest BCUT2D eigenvalue weighted by Crippen LogP contribution is 2.35. The van der Waals surface area contributed by atoms with Crippen molar-refractivity contribution in [3.05, 3.63) is 59.4 Å². The lowest BCUT2D eigenvalue weighted by molar-refractivity contribution is 0.0194. The molecule has 2 aromatic carbocycles. The van der Waals surface area contributed by atoms with E-state index in [4.69, 9.17) is 9.47 Å². The minimum atomic E-state index is -0.956. The van der Waals surface area contributed by atoms with E-state index in [1.165, 1.54) is 12.1 Å². The van der Waals surface area contributed by atoms with Crippen molar-refractivity contribution in [2.45, 2.75) is 37.4 Å². The van der Waals surface area contributed by atoms with Crippen LogP contribution in [0.4, 0.5) is 4.39 Å². The van der Waals surface area contributed by atoms with Crippen molar-refractivity contribution in [2.75, 3.05) is 32.8 Å². The molecular formula is C23H28FNO4. The van der Waals surface area contributed by atoms with Gasteiger partial charge in [0.05, 0.1) is 24.9 Å². The Balaban J connectivity index is 1.40. The van der Waals surface area contributed by atoms with Crippen LogP contribution in [0.25, 0.3) is 0 Å². The third kappa shape index (κ3) is 4.71. The molecule has 0 radical (unpaired) electrons. The van der Waals surface area contributed by atoms with Gasteiger partial charge >= 0.3 is 0 Å². The number of nitrogens with zero attached hydrogens (tertiary/aromatic N) is 1. The van der Waals surface area contributed by atoms with Crippen molar-refractivity contribution in [3.8, 4) is 11.5 Å². The molecule has 2 aliphatic rings. The first-order chi connectivity index (χ1) is 14.0. The topological polar surface area (TPSA) is 62.2 Å². The van der Waals surface area contributed by atoms with Crippen LogP contribution in [0.1, 0.15) is 42.9 Å². The van der Waals surface area contributed by atoms with Gasteiger partial charge in [0.25, 0.3) is 0 Å². The average molecular weight is 401 g/mol. The maximum Gasteiger partial charge on any atom is 0.161 e. The zero-order valence-electron chi connectivity index (χ0n) is 16.5. The smallest absolute Gasteiger partial charge is 0.161 e. The number of likely N-dealkylation sites (tertiary alicyclic amines) is 1. The molecule has 2 heterocycles. The van der Waals surface area contributed by atoms with Crippen LogP contribution in [0.3, 0.4) is 0 Å². The highest BCUT2D eigenvalue weighted by Gasteiger charge is 2.32. The Bertz CT molecular complexity index is 828. The maximum absolute atomic E-state index is 13.2. The third-order valence-corrected chi connectivity index (χ3v) is 5.88. The van der Waals surface area contributed by atoms with Crippen LogP contribution < -0.4 is 9.47 Å². The number of aliphatic hydroxyl groups excluding tert-OH is 1. The van der Waals surface area contributed by atoms with Crippen molar-refractivity contribution < 1.29 is 24.1 Å². The highest BCUT2D eigenvalue weighted by molar-refractivity contribution is 5.44. The number of hydrogen-bond acceptors (Lipinski definition) is 5. The first-order valence-corrected chi connectivity index (χ1v) is 10.3. The fourth-order valence-corrected chi connectivity index (χ4v) is 4.14. The number of halogens is 1. The average Bonchev–Trinajstić information content (AvgIpc) is 3.07. The molecule has 2 unspecified atom stereocenters. The molecule has 2 aliphatic heterocycles. The second-order valence-electron chi connectivity index (χ2n) is 7.97. The van der Waals surface area contributed by atoms with Gasteiger partial charge in [-0.05, 0) is 61.2 Å². The van der Waals surface area contributed by atoms with Crippen molar-refractivity contribution >= 4 is 0 Å². The minimum Gasteiger partial charge on any atom is -0.490 e. The van der Waals surface area contributed by atoms with Crippen molar-refractivity contribution in [3.63, 3.8) is 0 Å². The van der Waals surface area contributed by atoms with E-state index in [2.05, 4.69) is 4.90 Å². The Labute approximate surface area is 170 Å². The minimum absolute atomic E-state index is 0.300. The number of aliphatic hydroxyl groups is 2. The molecule has 0 aromatic heterocycles. The predicted octanol–water partition coefficient (Wildman–Crippen LogP) is 3.39. The van der Waals surface area contributed by atoms with Gasteiger partial charge in [-0.3, -0.25) is 0 Å². The molecule has 29 heavy (non-hydrogen) atoms. The molecular weight excluding hydrogens is 373 g/mol. The maximum atomic E-state index is 13.2. The lowest BCUT2D eigenvalue weighted by Gasteiger charge is -2.28. The number of rotatable bonds is 4. The van der Waals surface area contributed by atoms with E-state index < -0.39 is 11.7 Å². The summed E-state index contributed by atoms with van der Waals surface area (Å²) in [5, 5.41) is 21.9. The normalized spacial score (nSPS) is 23.8. The van der Waals surface area contributed by atoms with Crippen molar-refractivity contribution in [1.82, 2.24) is 4.90 Å². The van der Waals surface area contributed by atoms with Crippen LogP contribution in [0.15, 0.2) is 42.5 Å². The van der Waals surface area contributed by atoms with Crippen LogP contribution in [0.5, 0.6) is 11.5 Å². The Morgan fingerprint density at radius 3 is 2.52 bits per heavy atom. The summed E-state index contributed by atoms with van der Waals surface area (Å²) in [6.45, 7) is 3.19. The summed E-state index contributed by atoms with van der Waals surface area (Å²) in [6.07, 6.45) is 2.17. The van der Waals surface area contributed by atoms with Gasteiger partial charge in [-0.1, -0.05) is 18.2 Å². The highest BCUT2D eigenvalue weighted by atomic mass is 19.1. The number of hydrogen-bond donors (Lipinski definition) is 2. The second kappa shape index (κ2) is 8.69. The molecule has 0 saturated carbocycles. The van der Waals surface area contributed by atoms with Gasteiger partial charge < -0.3 is 24.6 Å². The Morgan fingerprint density at radius 2 is 1.72 bits per heavy atom. The zero-order valence-corrected chi connectivity index (χ0v) is 16.5. The standard InChI is InChI=1S/C23H28FNO4/c24-19-6-4-18(5-7-19)23(27)9-1-11-25(12-10-23)16-20(26)17-3-8-21-22(15-17)29-14-2-13-28-21/h3-8,15,20,26-27H,1-2,9-14,16H2. The van der Waals surface area contributed by atoms with Crippen molar-refractivity contribution in [1.29, 1.82) is 0 Å². The molecule has 0 aliphatic carbocycles. The first-order valence-electron chi connectivity index (χ1n) is 10.3. The van der Waals surface area contributed by atoms with Crippen LogP contribution in [0.2, 0.25) is 0 Å². The first kappa shape index (κ1) is 20.1. The molecule has 2 aromatic rings. The van der Waals surface area contributed by atoms with E-state index in [0.29, 0.717) is 44.9 Å². The van der Waals surface area contributed by atoms with Crippen LogP contribution in [-0.2, 0) is 5.60 Å². The van der Waals surface area contributed by atoms with E-state index in [-0.39, 0.29) is 5.82 Å². The summed E-state index contributed by atoms with van der Waals surface area (Å²) in [5.74, 6) is 1.10. The van der Waals surface area contributed by atoms with Gasteiger partial charge in [0, 0.05) is 19.5 Å². The van der Waals surface area contributed by atoms with Crippen LogP contribution in [-0.4, -0.2) is 48.0 Å². The number of fused-ring (bicyclic) bond motifs is 1. The second-order valence-corrected chi connectivity index (χ2v) is 7.97. The summed E-state index contributed by atoms with van der Waals surface area (Å²) in [4.78, 5) is 2.18. The van der Waals surface area contributed by atoms with E-state index >= 15 is 0 Å². The van der Waals surface area contributed by atoms with Crippen molar-refractivity contribution in [2.24, 2.45) is 0 Å². The molecule has 5 nitrogen and oxygen atoms in total. The molecule has 2 atom stereocenters. The Kier molecular flexibility index (Phi) is 6.04. The van der Waals surface area contributed by atoms with Crippen LogP contribution >= 0.6 is 0 Å². The predicted molar refractivity (Wildman–Crippen MR) is 108 cm³/mol. The quantitative estimate of drug-likeness (QED) is 0.822. The molecule has 6 heteroatoms. The van der Waals surface area contributed by atoms with E-state index in [1.54, 1.807) is 12.1 Å². The fourth-order valence-electron chi connectivity index (χ4n) is 4.14.